The van der Waals surface area contributed by atoms with Gasteiger partial charge < -0.3 is 4.90 Å². The number of hydrogen-bond donors (Lipinski definition) is 0. The van der Waals surface area contributed by atoms with Crippen LogP contribution in [0.5, 0.6) is 0 Å². The Morgan fingerprint density at radius 1 is 1.22 bits per heavy atom. The van der Waals surface area contributed by atoms with Crippen molar-refractivity contribution in [1.29, 1.82) is 0 Å². The van der Waals surface area contributed by atoms with Crippen molar-refractivity contribution < 1.29 is 9.59 Å². The molecule has 1 unspecified atom stereocenters. The summed E-state index contributed by atoms with van der Waals surface area (Å²) in [6.45, 7) is 10.9. The van der Waals surface area contributed by atoms with Crippen molar-refractivity contribution in [3.8, 4) is 0 Å². The van der Waals surface area contributed by atoms with Gasteiger partial charge in [0.05, 0.1) is 6.04 Å². The second-order valence-electron chi connectivity index (χ2n) is 6.28. The molecule has 1 fully saturated rings. The van der Waals surface area contributed by atoms with Gasteiger partial charge in [0.25, 0.3) is 0 Å². The van der Waals surface area contributed by atoms with Gasteiger partial charge in [0.15, 0.2) is 5.78 Å². The van der Waals surface area contributed by atoms with Crippen molar-refractivity contribution in [2.45, 2.75) is 59.9 Å². The third-order valence-corrected chi connectivity index (χ3v) is 3.85. The number of ketones is 1. The quantitative estimate of drug-likeness (QED) is 0.755. The molecule has 0 radical (unpaired) electrons. The van der Waals surface area contributed by atoms with Crippen LogP contribution in [0, 0.1) is 17.8 Å². The molecular formula is C15H27NO2. The fraction of sp³-hybridized carbons (Fsp3) is 0.867. The topological polar surface area (TPSA) is 37.4 Å². The molecule has 1 rings (SSSR count). The summed E-state index contributed by atoms with van der Waals surface area (Å²) in [4.78, 5) is 26.0. The molecule has 0 saturated carbocycles. The van der Waals surface area contributed by atoms with Crippen molar-refractivity contribution in [1.82, 2.24) is 4.90 Å². The van der Waals surface area contributed by atoms with Gasteiger partial charge >= 0.3 is 0 Å². The Bertz CT molecular complexity index is 310. The van der Waals surface area contributed by atoms with Gasteiger partial charge in [-0.3, -0.25) is 9.59 Å². The van der Waals surface area contributed by atoms with Crippen molar-refractivity contribution in [3.05, 3.63) is 0 Å². The molecule has 1 aliphatic heterocycles. The highest BCUT2D eigenvalue weighted by Crippen LogP contribution is 2.27. The summed E-state index contributed by atoms with van der Waals surface area (Å²) in [5.74, 6) is 1.24. The Morgan fingerprint density at radius 2 is 1.83 bits per heavy atom. The molecule has 1 heterocycles. The minimum atomic E-state index is -0.161. The van der Waals surface area contributed by atoms with E-state index in [-0.39, 0.29) is 23.7 Å². The van der Waals surface area contributed by atoms with Crippen LogP contribution in [0.4, 0.5) is 0 Å². The largest absolute Gasteiger partial charge is 0.332 e. The van der Waals surface area contributed by atoms with Gasteiger partial charge in [0, 0.05) is 12.5 Å². The molecule has 0 aromatic carbocycles. The molecular weight excluding hydrogens is 226 g/mol. The summed E-state index contributed by atoms with van der Waals surface area (Å²) in [6, 6.07) is -0.161. The van der Waals surface area contributed by atoms with Crippen LogP contribution >= 0.6 is 0 Å². The van der Waals surface area contributed by atoms with Gasteiger partial charge in [-0.15, -0.1) is 0 Å². The van der Waals surface area contributed by atoms with Crippen LogP contribution in [-0.2, 0) is 9.59 Å². The highest BCUT2D eigenvalue weighted by Gasteiger charge is 2.36. The third-order valence-electron chi connectivity index (χ3n) is 3.85. The summed E-state index contributed by atoms with van der Waals surface area (Å²) in [7, 11) is 0. The molecule has 18 heavy (non-hydrogen) atoms. The van der Waals surface area contributed by atoms with E-state index in [0.717, 1.165) is 25.8 Å². The highest BCUT2D eigenvalue weighted by molar-refractivity contribution is 5.89. The molecule has 0 aromatic heterocycles. The number of rotatable bonds is 5. The van der Waals surface area contributed by atoms with Gasteiger partial charge in [-0.2, -0.15) is 0 Å². The molecule has 104 valence electrons. The van der Waals surface area contributed by atoms with Crippen molar-refractivity contribution in [2.24, 2.45) is 17.8 Å². The van der Waals surface area contributed by atoms with E-state index in [1.165, 1.54) is 0 Å². The molecule has 0 spiro atoms. The normalized spacial score (nSPS) is 21.7. The van der Waals surface area contributed by atoms with E-state index in [1.807, 2.05) is 4.90 Å². The summed E-state index contributed by atoms with van der Waals surface area (Å²) >= 11 is 0. The van der Waals surface area contributed by atoms with Crippen LogP contribution in [-0.4, -0.2) is 29.2 Å². The number of carbonyl (C=O) groups excluding carboxylic acids is 2. The number of amides is 1. The van der Waals surface area contributed by atoms with Gasteiger partial charge in [0.2, 0.25) is 5.91 Å². The smallest absolute Gasteiger partial charge is 0.226 e. The maximum Gasteiger partial charge on any atom is 0.226 e. The lowest BCUT2D eigenvalue weighted by molar-refractivity contribution is -0.142. The first kappa shape index (κ1) is 15.2. The van der Waals surface area contributed by atoms with Crippen LogP contribution in [0.25, 0.3) is 0 Å². The first-order valence-corrected chi connectivity index (χ1v) is 7.15. The maximum absolute atomic E-state index is 12.6. The summed E-state index contributed by atoms with van der Waals surface area (Å²) in [6.07, 6.45) is 2.72. The maximum atomic E-state index is 12.6. The lowest BCUT2D eigenvalue weighted by Crippen LogP contribution is -2.44. The van der Waals surface area contributed by atoms with E-state index in [2.05, 4.69) is 27.7 Å². The standard InChI is InChI=1S/C15H27NO2/c1-10(2)9-13(11(3)4)15(18)16-8-6-7-14(16)12(5)17/h10-11,13-14H,6-9H2,1-5H3/t13?,14-/m0/s1. The minimum absolute atomic E-state index is 0.0601. The van der Waals surface area contributed by atoms with Crippen LogP contribution in [0.1, 0.15) is 53.9 Å². The van der Waals surface area contributed by atoms with Crippen LogP contribution in [0.2, 0.25) is 0 Å². The lowest BCUT2D eigenvalue weighted by atomic mass is 9.86. The number of hydrogen-bond acceptors (Lipinski definition) is 2. The van der Waals surface area contributed by atoms with E-state index in [0.29, 0.717) is 11.8 Å². The fourth-order valence-corrected chi connectivity index (χ4v) is 2.83. The van der Waals surface area contributed by atoms with E-state index >= 15 is 0 Å². The van der Waals surface area contributed by atoms with Gasteiger partial charge in [-0.1, -0.05) is 27.7 Å². The van der Waals surface area contributed by atoms with Gasteiger partial charge in [0.1, 0.15) is 0 Å². The molecule has 0 aromatic rings. The average Bonchev–Trinajstić information content (AvgIpc) is 2.73. The molecule has 1 saturated heterocycles. The molecule has 0 N–H and O–H groups in total. The van der Waals surface area contributed by atoms with Crippen LogP contribution in [0.3, 0.4) is 0 Å². The predicted molar refractivity (Wildman–Crippen MR) is 73.2 cm³/mol. The van der Waals surface area contributed by atoms with Crippen LogP contribution in [0.15, 0.2) is 0 Å². The number of carbonyl (C=O) groups is 2. The minimum Gasteiger partial charge on any atom is -0.332 e. The van der Waals surface area contributed by atoms with Crippen molar-refractivity contribution >= 4 is 11.7 Å². The molecule has 1 amide bonds. The monoisotopic (exact) mass is 253 g/mol. The molecule has 3 heteroatoms. The summed E-state index contributed by atoms with van der Waals surface area (Å²) in [5, 5.41) is 0. The van der Waals surface area contributed by atoms with E-state index < -0.39 is 0 Å². The first-order chi connectivity index (χ1) is 8.34. The van der Waals surface area contributed by atoms with Crippen molar-refractivity contribution in [2.75, 3.05) is 6.54 Å². The van der Waals surface area contributed by atoms with E-state index in [4.69, 9.17) is 0 Å². The Labute approximate surface area is 111 Å². The fourth-order valence-electron chi connectivity index (χ4n) is 2.83. The zero-order valence-electron chi connectivity index (χ0n) is 12.4. The lowest BCUT2D eigenvalue weighted by Gasteiger charge is -2.30. The van der Waals surface area contributed by atoms with E-state index in [1.54, 1.807) is 6.92 Å². The van der Waals surface area contributed by atoms with Gasteiger partial charge in [-0.25, -0.2) is 0 Å². The van der Waals surface area contributed by atoms with Gasteiger partial charge in [-0.05, 0) is 38.0 Å². The predicted octanol–water partition coefficient (Wildman–Crippen LogP) is 2.88. The second-order valence-corrected chi connectivity index (χ2v) is 6.28. The molecule has 3 nitrogen and oxygen atoms in total. The molecule has 0 bridgehead atoms. The number of nitrogens with zero attached hydrogens (tertiary/aromatic N) is 1. The van der Waals surface area contributed by atoms with Crippen LogP contribution < -0.4 is 0 Å². The zero-order chi connectivity index (χ0) is 13.9. The zero-order valence-corrected chi connectivity index (χ0v) is 12.4. The second kappa shape index (κ2) is 6.35. The number of likely N-dealkylation sites (tertiary alicyclic amines) is 1. The third kappa shape index (κ3) is 3.56. The first-order valence-electron chi connectivity index (χ1n) is 7.15. The Kier molecular flexibility index (Phi) is 5.36. The highest BCUT2D eigenvalue weighted by atomic mass is 16.2. The Morgan fingerprint density at radius 3 is 2.28 bits per heavy atom. The summed E-state index contributed by atoms with van der Waals surface area (Å²) in [5.41, 5.74) is 0. The SMILES string of the molecule is CC(=O)[C@@H]1CCCN1C(=O)C(CC(C)C)C(C)C. The van der Waals surface area contributed by atoms with Crippen molar-refractivity contribution in [3.63, 3.8) is 0 Å². The Balaban J connectivity index is 2.79. The van der Waals surface area contributed by atoms with E-state index in [9.17, 15) is 9.59 Å². The molecule has 2 atom stereocenters. The number of Topliss-reactive ketones (excluding diaryl/α,β-unsaturated/α-hetero) is 1. The molecule has 0 aliphatic carbocycles. The molecule has 1 aliphatic rings. The Hall–Kier alpha value is -0.860. The summed E-state index contributed by atoms with van der Waals surface area (Å²) < 4.78 is 0. The average molecular weight is 253 g/mol.